The molecule has 0 saturated carbocycles. The maximum Gasteiger partial charge on any atom is 0.272 e. The zero-order chi connectivity index (χ0) is 26.0. The zero-order valence-corrected chi connectivity index (χ0v) is 21.1. The molecule has 184 valence electrons. The fourth-order valence-corrected chi connectivity index (χ4v) is 4.26. The number of Topliss-reactive ketones (excluding diaryl/α,β-unsaturated/α-hetero) is 1. The summed E-state index contributed by atoms with van der Waals surface area (Å²) in [6.07, 6.45) is 1.64. The fourth-order valence-electron chi connectivity index (χ4n) is 3.46. The molecule has 0 atom stereocenters. The van der Waals surface area contributed by atoms with E-state index in [-0.39, 0.29) is 17.4 Å². The molecule has 37 heavy (non-hydrogen) atoms. The first kappa shape index (κ1) is 25.7. The molecule has 4 aromatic carbocycles. The number of anilines is 1. The lowest BCUT2D eigenvalue weighted by atomic mass is 10.1. The van der Waals surface area contributed by atoms with Crippen molar-refractivity contribution in [3.63, 3.8) is 0 Å². The summed E-state index contributed by atoms with van der Waals surface area (Å²) in [5.41, 5.74) is 3.75. The van der Waals surface area contributed by atoms with Gasteiger partial charge in [-0.1, -0.05) is 78.4 Å². The molecule has 0 radical (unpaired) electrons. The normalized spacial score (nSPS) is 11.0. The second kappa shape index (κ2) is 12.5. The summed E-state index contributed by atoms with van der Waals surface area (Å²) in [4.78, 5) is 39.2. The van der Waals surface area contributed by atoms with Crippen LogP contribution in [0.1, 0.15) is 31.8 Å². The summed E-state index contributed by atoms with van der Waals surface area (Å²) in [5, 5.41) is 5.58. The average Bonchev–Trinajstić information content (AvgIpc) is 2.93. The van der Waals surface area contributed by atoms with E-state index in [2.05, 4.69) is 10.6 Å². The highest BCUT2D eigenvalue weighted by Crippen LogP contribution is 2.22. The Kier molecular flexibility index (Phi) is 8.68. The predicted molar refractivity (Wildman–Crippen MR) is 150 cm³/mol. The minimum Gasteiger partial charge on any atom is -0.321 e. The van der Waals surface area contributed by atoms with Crippen LogP contribution in [0.4, 0.5) is 5.69 Å². The summed E-state index contributed by atoms with van der Waals surface area (Å²) in [6, 6.07) is 32.8. The summed E-state index contributed by atoms with van der Waals surface area (Å²) < 4.78 is 0. The summed E-state index contributed by atoms with van der Waals surface area (Å²) in [6.45, 7) is 1.99. The molecule has 0 aliphatic heterocycles. The lowest BCUT2D eigenvalue weighted by Crippen LogP contribution is -2.30. The molecule has 0 aromatic heterocycles. The van der Waals surface area contributed by atoms with Crippen LogP contribution in [0.5, 0.6) is 0 Å². The largest absolute Gasteiger partial charge is 0.321 e. The van der Waals surface area contributed by atoms with Crippen molar-refractivity contribution in [3.8, 4) is 0 Å². The van der Waals surface area contributed by atoms with Gasteiger partial charge in [0.05, 0.1) is 5.75 Å². The Labute approximate surface area is 220 Å². The summed E-state index contributed by atoms with van der Waals surface area (Å²) in [5.74, 6) is -0.428. The Bertz CT molecular complexity index is 1400. The smallest absolute Gasteiger partial charge is 0.272 e. The van der Waals surface area contributed by atoms with Gasteiger partial charge in [-0.15, -0.1) is 11.8 Å². The number of aryl methyl sites for hydroxylation is 1. The molecule has 0 bridgehead atoms. The predicted octanol–water partition coefficient (Wildman–Crippen LogP) is 6.38. The number of thioether (sulfide) groups is 1. The zero-order valence-electron chi connectivity index (χ0n) is 20.3. The van der Waals surface area contributed by atoms with Gasteiger partial charge in [0.1, 0.15) is 5.70 Å². The maximum atomic E-state index is 13.1. The molecule has 5 nitrogen and oxygen atoms in total. The van der Waals surface area contributed by atoms with Crippen molar-refractivity contribution in [1.29, 1.82) is 0 Å². The maximum absolute atomic E-state index is 13.1. The third-order valence-corrected chi connectivity index (χ3v) is 6.51. The van der Waals surface area contributed by atoms with E-state index in [0.717, 1.165) is 16.0 Å². The monoisotopic (exact) mass is 506 g/mol. The highest BCUT2D eigenvalue weighted by Gasteiger charge is 2.15. The lowest BCUT2D eigenvalue weighted by molar-refractivity contribution is -0.113. The topological polar surface area (TPSA) is 75.3 Å². The fraction of sp³-hybridized carbons (Fsp3) is 0.0645. The molecule has 4 aromatic rings. The number of ketones is 1. The quantitative estimate of drug-likeness (QED) is 0.157. The average molecular weight is 507 g/mol. The van der Waals surface area contributed by atoms with E-state index in [1.54, 1.807) is 42.5 Å². The van der Waals surface area contributed by atoms with Crippen molar-refractivity contribution in [2.45, 2.75) is 11.8 Å². The molecule has 6 heteroatoms. The lowest BCUT2D eigenvalue weighted by Gasteiger charge is -2.12. The van der Waals surface area contributed by atoms with E-state index in [1.165, 1.54) is 11.8 Å². The molecule has 0 unspecified atom stereocenters. The van der Waals surface area contributed by atoms with E-state index in [4.69, 9.17) is 0 Å². The Morgan fingerprint density at radius 3 is 2.00 bits per heavy atom. The summed E-state index contributed by atoms with van der Waals surface area (Å²) in [7, 11) is 0. The number of benzene rings is 4. The van der Waals surface area contributed by atoms with Gasteiger partial charge in [0.2, 0.25) is 0 Å². The number of rotatable bonds is 9. The number of nitrogens with one attached hydrogen (secondary N) is 2. The Morgan fingerprint density at radius 2 is 1.35 bits per heavy atom. The second-order valence-electron chi connectivity index (χ2n) is 8.35. The van der Waals surface area contributed by atoms with Crippen LogP contribution < -0.4 is 10.6 Å². The van der Waals surface area contributed by atoms with Crippen molar-refractivity contribution >= 4 is 41.1 Å². The van der Waals surface area contributed by atoms with Gasteiger partial charge in [0.25, 0.3) is 11.8 Å². The van der Waals surface area contributed by atoms with Gasteiger partial charge < -0.3 is 10.6 Å². The van der Waals surface area contributed by atoms with Gasteiger partial charge in [0.15, 0.2) is 5.78 Å². The van der Waals surface area contributed by atoms with Crippen LogP contribution in [0.3, 0.4) is 0 Å². The molecule has 4 rings (SSSR count). The third-order valence-electron chi connectivity index (χ3n) is 5.50. The van der Waals surface area contributed by atoms with E-state index >= 15 is 0 Å². The van der Waals surface area contributed by atoms with Crippen LogP contribution in [0, 0.1) is 6.92 Å². The molecular formula is C31H26N2O3S. The molecule has 0 heterocycles. The minimum atomic E-state index is -0.442. The molecule has 0 aliphatic rings. The standard InChI is InChI=1S/C31H26N2O3S/c1-22-12-14-24(15-13-22)29(34)21-37-27-18-16-26(17-19-27)32-31(36)28(20-23-8-4-2-5-9-23)33-30(35)25-10-6-3-7-11-25/h2-20H,21H2,1H3,(H,32,36)(H,33,35)/b28-20-. The Morgan fingerprint density at radius 1 is 0.730 bits per heavy atom. The SMILES string of the molecule is Cc1ccc(C(=O)CSc2ccc(NC(=O)/C(=C/c3ccccc3)NC(=O)c3ccccc3)cc2)cc1. The minimum absolute atomic E-state index is 0.0622. The van der Waals surface area contributed by atoms with Crippen LogP contribution in [0.25, 0.3) is 6.08 Å². The number of hydrogen-bond acceptors (Lipinski definition) is 4. The van der Waals surface area contributed by atoms with Gasteiger partial charge in [-0.25, -0.2) is 0 Å². The third kappa shape index (κ3) is 7.53. The first-order valence-electron chi connectivity index (χ1n) is 11.8. The Balaban J connectivity index is 1.42. The van der Waals surface area contributed by atoms with Crippen molar-refractivity contribution in [1.82, 2.24) is 5.32 Å². The number of amides is 2. The van der Waals surface area contributed by atoms with Crippen molar-refractivity contribution in [2.75, 3.05) is 11.1 Å². The molecule has 0 fully saturated rings. The van der Waals surface area contributed by atoms with Gasteiger partial charge in [-0.05, 0) is 55.0 Å². The number of hydrogen-bond donors (Lipinski definition) is 2. The molecule has 0 saturated heterocycles. The molecule has 2 amide bonds. The molecule has 0 spiro atoms. The van der Waals surface area contributed by atoms with E-state index in [1.807, 2.05) is 79.7 Å². The highest BCUT2D eigenvalue weighted by molar-refractivity contribution is 8.00. The highest BCUT2D eigenvalue weighted by atomic mass is 32.2. The van der Waals surface area contributed by atoms with Crippen molar-refractivity contribution in [3.05, 3.63) is 137 Å². The van der Waals surface area contributed by atoms with Crippen LogP contribution in [0.2, 0.25) is 0 Å². The van der Waals surface area contributed by atoms with Crippen molar-refractivity contribution < 1.29 is 14.4 Å². The number of carbonyl (C=O) groups is 3. The van der Waals surface area contributed by atoms with Crippen LogP contribution >= 0.6 is 11.8 Å². The molecule has 0 aliphatic carbocycles. The molecular weight excluding hydrogens is 480 g/mol. The van der Waals surface area contributed by atoms with Crippen LogP contribution in [0.15, 0.2) is 120 Å². The van der Waals surface area contributed by atoms with Gasteiger partial charge >= 0.3 is 0 Å². The van der Waals surface area contributed by atoms with Gasteiger partial charge in [-0.3, -0.25) is 14.4 Å². The van der Waals surface area contributed by atoms with Gasteiger partial charge in [-0.2, -0.15) is 0 Å². The van der Waals surface area contributed by atoms with E-state index < -0.39 is 5.91 Å². The van der Waals surface area contributed by atoms with Crippen LogP contribution in [-0.2, 0) is 4.79 Å². The summed E-state index contributed by atoms with van der Waals surface area (Å²) >= 11 is 1.44. The Hall–Kier alpha value is -4.42. The second-order valence-corrected chi connectivity index (χ2v) is 9.39. The van der Waals surface area contributed by atoms with Crippen LogP contribution in [-0.4, -0.2) is 23.4 Å². The van der Waals surface area contributed by atoms with E-state index in [9.17, 15) is 14.4 Å². The van der Waals surface area contributed by atoms with Crippen molar-refractivity contribution in [2.24, 2.45) is 0 Å². The first-order valence-corrected chi connectivity index (χ1v) is 12.7. The number of carbonyl (C=O) groups excluding carboxylic acids is 3. The first-order chi connectivity index (χ1) is 18.0. The van der Waals surface area contributed by atoms with E-state index in [0.29, 0.717) is 22.6 Å². The van der Waals surface area contributed by atoms with Gasteiger partial charge in [0, 0.05) is 21.7 Å². The molecule has 2 N–H and O–H groups in total.